The fourth-order valence-electron chi connectivity index (χ4n) is 2.87. The molecule has 1 aliphatic rings. The molecule has 0 saturated carbocycles. The molecule has 1 fully saturated rings. The van der Waals surface area contributed by atoms with E-state index in [-0.39, 0.29) is 5.91 Å². The average Bonchev–Trinajstić information content (AvgIpc) is 3.24. The maximum atomic E-state index is 12.6. The summed E-state index contributed by atoms with van der Waals surface area (Å²) in [5, 5.41) is 3.41. The topological polar surface area (TPSA) is 42.4 Å². The number of hydrogen-bond donors (Lipinski definition) is 0. The lowest BCUT2D eigenvalue weighted by molar-refractivity contribution is 0.0767. The minimum atomic E-state index is 0.0331. The molecule has 0 bridgehead atoms. The van der Waals surface area contributed by atoms with Gasteiger partial charge in [0, 0.05) is 40.6 Å². The molecule has 0 unspecified atom stereocenters. The zero-order chi connectivity index (χ0) is 19.3. The van der Waals surface area contributed by atoms with Crippen molar-refractivity contribution in [3.63, 3.8) is 0 Å². The lowest BCUT2D eigenvalue weighted by Gasteiger charge is -2.25. The molecule has 4 rings (SSSR count). The Bertz CT molecular complexity index is 936. The monoisotopic (exact) mass is 430 g/mol. The van der Waals surface area contributed by atoms with Gasteiger partial charge in [0.2, 0.25) is 0 Å². The lowest BCUT2D eigenvalue weighted by Crippen LogP contribution is -2.38. The largest absolute Gasteiger partial charge is 0.489 e. The van der Waals surface area contributed by atoms with E-state index in [1.165, 1.54) is 11.3 Å². The van der Waals surface area contributed by atoms with Crippen LogP contribution in [0.5, 0.6) is 5.75 Å². The van der Waals surface area contributed by atoms with Gasteiger partial charge in [0.15, 0.2) is 0 Å². The second-order valence-corrected chi connectivity index (χ2v) is 8.90. The zero-order valence-corrected chi connectivity index (χ0v) is 17.5. The van der Waals surface area contributed by atoms with E-state index in [2.05, 4.69) is 4.98 Å². The quantitative estimate of drug-likeness (QED) is 0.555. The molecule has 0 radical (unpaired) electrons. The van der Waals surface area contributed by atoms with Crippen LogP contribution in [0.1, 0.15) is 16.1 Å². The molecule has 0 N–H and O–H groups in total. The molecular weight excluding hydrogens is 412 g/mol. The number of carbonyl (C=O) groups excluding carboxylic acids is 1. The second-order valence-electron chi connectivity index (χ2n) is 6.38. The zero-order valence-electron chi connectivity index (χ0n) is 15.1. The summed E-state index contributed by atoms with van der Waals surface area (Å²) in [5.41, 5.74) is 2.58. The first-order valence-electron chi connectivity index (χ1n) is 8.99. The molecule has 144 valence electrons. The van der Waals surface area contributed by atoms with Crippen LogP contribution in [0.4, 0.5) is 0 Å². The number of amides is 1. The number of hydrogen-bond acceptors (Lipinski definition) is 5. The third-order valence-electron chi connectivity index (χ3n) is 4.44. The first-order valence-corrected chi connectivity index (χ1v) is 11.4. The molecule has 1 aliphatic heterocycles. The predicted molar refractivity (Wildman–Crippen MR) is 117 cm³/mol. The first kappa shape index (κ1) is 19.3. The molecule has 1 aromatic heterocycles. The highest BCUT2D eigenvalue weighted by Gasteiger charge is 2.21. The Hall–Kier alpha value is -2.02. The van der Waals surface area contributed by atoms with Crippen molar-refractivity contribution in [3.05, 3.63) is 70.2 Å². The fraction of sp³-hybridized carbons (Fsp3) is 0.238. The molecule has 4 nitrogen and oxygen atoms in total. The number of halogens is 1. The number of aromatic nitrogens is 1. The molecule has 28 heavy (non-hydrogen) atoms. The van der Waals surface area contributed by atoms with Crippen LogP contribution >= 0.6 is 34.7 Å². The SMILES string of the molecule is O=C(c1csc(-c2ccc(OCc3ccc(Cl)cc3)cc2)n1)N1CCSCC1. The van der Waals surface area contributed by atoms with E-state index in [4.69, 9.17) is 16.3 Å². The van der Waals surface area contributed by atoms with E-state index < -0.39 is 0 Å². The van der Waals surface area contributed by atoms with Gasteiger partial charge in [0.1, 0.15) is 23.1 Å². The van der Waals surface area contributed by atoms with Crippen LogP contribution in [0.25, 0.3) is 10.6 Å². The minimum absolute atomic E-state index is 0.0331. The lowest BCUT2D eigenvalue weighted by atomic mass is 10.2. The van der Waals surface area contributed by atoms with Crippen molar-refractivity contribution >= 4 is 40.6 Å². The van der Waals surface area contributed by atoms with Gasteiger partial charge in [-0.1, -0.05) is 23.7 Å². The third-order valence-corrected chi connectivity index (χ3v) is 6.53. The standard InChI is InChI=1S/C21H19ClN2O2S2/c22-17-5-1-15(2-6-17)13-26-18-7-3-16(4-8-18)20-23-19(14-28-20)21(25)24-9-11-27-12-10-24/h1-8,14H,9-13H2. The van der Waals surface area contributed by atoms with Crippen LogP contribution in [0.15, 0.2) is 53.9 Å². The van der Waals surface area contributed by atoms with Crippen molar-refractivity contribution in [1.82, 2.24) is 9.88 Å². The summed E-state index contributed by atoms with van der Waals surface area (Å²) >= 11 is 9.28. The van der Waals surface area contributed by atoms with Crippen LogP contribution in [-0.2, 0) is 6.61 Å². The summed E-state index contributed by atoms with van der Waals surface area (Å²) in [6, 6.07) is 15.4. The molecule has 3 aromatic rings. The van der Waals surface area contributed by atoms with Crippen molar-refractivity contribution in [2.75, 3.05) is 24.6 Å². The highest BCUT2D eigenvalue weighted by atomic mass is 35.5. The summed E-state index contributed by atoms with van der Waals surface area (Å²) in [6.07, 6.45) is 0. The molecule has 0 atom stereocenters. The number of thiazole rings is 1. The summed E-state index contributed by atoms with van der Waals surface area (Å²) in [5.74, 6) is 2.82. The summed E-state index contributed by atoms with van der Waals surface area (Å²) < 4.78 is 5.82. The molecule has 1 saturated heterocycles. The van der Waals surface area contributed by atoms with E-state index in [1.54, 1.807) is 0 Å². The van der Waals surface area contributed by atoms with Gasteiger partial charge in [-0.2, -0.15) is 11.8 Å². The van der Waals surface area contributed by atoms with Gasteiger partial charge in [-0.15, -0.1) is 11.3 Å². The molecule has 7 heteroatoms. The third kappa shape index (κ3) is 4.69. The Morgan fingerprint density at radius 3 is 2.50 bits per heavy atom. The fourth-order valence-corrected chi connectivity index (χ4v) is 4.70. The van der Waals surface area contributed by atoms with Crippen molar-refractivity contribution in [3.8, 4) is 16.3 Å². The molecule has 1 amide bonds. The van der Waals surface area contributed by atoms with Crippen LogP contribution in [-0.4, -0.2) is 40.4 Å². The van der Waals surface area contributed by atoms with E-state index in [9.17, 15) is 4.79 Å². The van der Waals surface area contributed by atoms with E-state index in [1.807, 2.05) is 70.6 Å². The normalized spacial score (nSPS) is 14.1. The molecule has 2 heterocycles. The first-order chi connectivity index (χ1) is 13.7. The number of rotatable bonds is 5. The van der Waals surface area contributed by atoms with Crippen molar-refractivity contribution in [1.29, 1.82) is 0 Å². The summed E-state index contributed by atoms with van der Waals surface area (Å²) in [7, 11) is 0. The Balaban J connectivity index is 1.39. The predicted octanol–water partition coefficient (Wildman–Crippen LogP) is 5.23. The Kier molecular flexibility index (Phi) is 6.20. The van der Waals surface area contributed by atoms with Crippen LogP contribution in [0.2, 0.25) is 5.02 Å². The van der Waals surface area contributed by atoms with Gasteiger partial charge in [-0.05, 0) is 42.0 Å². The smallest absolute Gasteiger partial charge is 0.273 e. The molecule has 0 aliphatic carbocycles. The van der Waals surface area contributed by atoms with Gasteiger partial charge in [0.05, 0.1) is 0 Å². The number of ether oxygens (including phenoxy) is 1. The second kappa shape index (κ2) is 8.99. The van der Waals surface area contributed by atoms with E-state index >= 15 is 0 Å². The maximum Gasteiger partial charge on any atom is 0.273 e. The highest BCUT2D eigenvalue weighted by Crippen LogP contribution is 2.27. The van der Waals surface area contributed by atoms with Crippen LogP contribution in [0, 0.1) is 0 Å². The number of thioether (sulfide) groups is 1. The molecule has 2 aromatic carbocycles. The van der Waals surface area contributed by atoms with Crippen LogP contribution in [0.3, 0.4) is 0 Å². The summed E-state index contributed by atoms with van der Waals surface area (Å²) in [6.45, 7) is 2.09. The van der Waals surface area contributed by atoms with Gasteiger partial charge in [-0.3, -0.25) is 4.79 Å². The van der Waals surface area contributed by atoms with Gasteiger partial charge >= 0.3 is 0 Å². The average molecular weight is 431 g/mol. The highest BCUT2D eigenvalue weighted by molar-refractivity contribution is 7.99. The van der Waals surface area contributed by atoms with Crippen LogP contribution < -0.4 is 4.74 Å². The van der Waals surface area contributed by atoms with Gasteiger partial charge in [-0.25, -0.2) is 4.98 Å². The maximum absolute atomic E-state index is 12.6. The van der Waals surface area contributed by atoms with Gasteiger partial charge < -0.3 is 9.64 Å². The van der Waals surface area contributed by atoms with Crippen molar-refractivity contribution in [2.45, 2.75) is 6.61 Å². The van der Waals surface area contributed by atoms with Crippen molar-refractivity contribution in [2.24, 2.45) is 0 Å². The minimum Gasteiger partial charge on any atom is -0.489 e. The molecular formula is C21H19ClN2O2S2. The van der Waals surface area contributed by atoms with Crippen molar-refractivity contribution < 1.29 is 9.53 Å². The molecule has 0 spiro atoms. The summed E-state index contributed by atoms with van der Waals surface area (Å²) in [4.78, 5) is 19.0. The van der Waals surface area contributed by atoms with E-state index in [0.29, 0.717) is 17.3 Å². The number of benzene rings is 2. The number of nitrogens with zero attached hydrogens (tertiary/aromatic N) is 2. The van der Waals surface area contributed by atoms with Gasteiger partial charge in [0.25, 0.3) is 5.91 Å². The van der Waals surface area contributed by atoms with E-state index in [0.717, 1.165) is 46.5 Å². The Labute approximate surface area is 177 Å². The Morgan fingerprint density at radius 2 is 1.79 bits per heavy atom. The number of carbonyl (C=O) groups is 1. The Morgan fingerprint density at radius 1 is 1.07 bits per heavy atom.